The van der Waals surface area contributed by atoms with E-state index in [1.807, 2.05) is 24.3 Å². The molecule has 1 aliphatic heterocycles. The number of likely N-dealkylation sites (N-methyl/N-ethyl adjacent to an activating group) is 1. The molecule has 0 spiro atoms. The van der Waals surface area contributed by atoms with Gasteiger partial charge in [-0.2, -0.15) is 0 Å². The number of rotatable bonds is 7. The van der Waals surface area contributed by atoms with Crippen molar-refractivity contribution >= 4 is 28.9 Å². The van der Waals surface area contributed by atoms with E-state index in [1.54, 1.807) is 7.05 Å². The Balaban J connectivity index is 1.45. The third-order valence-electron chi connectivity index (χ3n) is 4.56. The van der Waals surface area contributed by atoms with E-state index in [0.29, 0.717) is 18.9 Å². The Morgan fingerprint density at radius 2 is 1.63 bits per heavy atom. The lowest BCUT2D eigenvalue weighted by atomic mass is 10.2. The summed E-state index contributed by atoms with van der Waals surface area (Å²) in [6.45, 7) is 2.87. The minimum atomic E-state index is -0.731. The van der Waals surface area contributed by atoms with Crippen molar-refractivity contribution in [1.82, 2.24) is 4.90 Å². The predicted molar refractivity (Wildman–Crippen MR) is 111 cm³/mol. The summed E-state index contributed by atoms with van der Waals surface area (Å²) in [6, 6.07) is 10.3. The van der Waals surface area contributed by atoms with Crippen LogP contribution in [0.3, 0.4) is 0 Å². The second-order valence-corrected chi connectivity index (χ2v) is 7.04. The monoisotopic (exact) mass is 418 g/mol. The first kappa shape index (κ1) is 21.7. The number of carbonyl (C=O) groups excluding carboxylic acids is 2. The Kier molecular flexibility index (Phi) is 7.31. The molecule has 0 aliphatic carbocycles. The average Bonchev–Trinajstić information content (AvgIpc) is 2.71. The third-order valence-corrected chi connectivity index (χ3v) is 4.56. The van der Waals surface area contributed by atoms with Gasteiger partial charge in [0, 0.05) is 30.5 Å². The van der Waals surface area contributed by atoms with Crippen LogP contribution >= 0.6 is 0 Å². The van der Waals surface area contributed by atoms with Crippen LogP contribution in [0.2, 0.25) is 0 Å². The van der Waals surface area contributed by atoms with Crippen LogP contribution in [0.4, 0.5) is 25.8 Å². The quantitative estimate of drug-likeness (QED) is 0.722. The van der Waals surface area contributed by atoms with Crippen LogP contribution < -0.4 is 15.5 Å². The third kappa shape index (κ3) is 6.23. The number of carbonyl (C=O) groups is 2. The molecule has 1 aliphatic rings. The van der Waals surface area contributed by atoms with E-state index in [0.717, 1.165) is 37.0 Å². The molecule has 0 bridgehead atoms. The first-order valence-corrected chi connectivity index (χ1v) is 9.57. The van der Waals surface area contributed by atoms with E-state index < -0.39 is 17.5 Å². The molecule has 0 radical (unpaired) electrons. The van der Waals surface area contributed by atoms with Crippen molar-refractivity contribution in [2.45, 2.75) is 0 Å². The zero-order chi connectivity index (χ0) is 21.5. The van der Waals surface area contributed by atoms with Crippen LogP contribution in [-0.4, -0.2) is 63.2 Å². The number of hydrogen-bond acceptors (Lipinski definition) is 5. The summed E-state index contributed by atoms with van der Waals surface area (Å²) < 4.78 is 32.1. The molecule has 1 fully saturated rings. The van der Waals surface area contributed by atoms with Crippen LogP contribution in [0.15, 0.2) is 42.5 Å². The minimum Gasteiger partial charge on any atom is -0.378 e. The van der Waals surface area contributed by atoms with Gasteiger partial charge in [0.05, 0.1) is 32.0 Å². The van der Waals surface area contributed by atoms with Crippen LogP contribution in [0.25, 0.3) is 0 Å². The maximum absolute atomic E-state index is 13.6. The standard InChI is InChI=1S/C21H24F2N4O3/c1-26(14-21(29)25-19-12-15(22)2-7-18(19)23)13-20(28)24-16-3-5-17(6-4-16)27-8-10-30-11-9-27/h2-7,12H,8-11,13-14H2,1H3,(H,24,28)(H,25,29). The Bertz CT molecular complexity index is 886. The topological polar surface area (TPSA) is 73.9 Å². The van der Waals surface area contributed by atoms with Crippen molar-refractivity contribution in [2.75, 3.05) is 62.0 Å². The largest absolute Gasteiger partial charge is 0.378 e. The summed E-state index contributed by atoms with van der Waals surface area (Å²) in [5.41, 5.74) is 1.48. The van der Waals surface area contributed by atoms with E-state index in [9.17, 15) is 18.4 Å². The number of amides is 2. The number of benzene rings is 2. The van der Waals surface area contributed by atoms with Crippen molar-refractivity contribution in [2.24, 2.45) is 0 Å². The summed E-state index contributed by atoms with van der Waals surface area (Å²) in [5, 5.41) is 5.08. The van der Waals surface area contributed by atoms with Crippen molar-refractivity contribution in [1.29, 1.82) is 0 Å². The normalized spacial score (nSPS) is 13.9. The number of nitrogens with zero attached hydrogens (tertiary/aromatic N) is 2. The maximum Gasteiger partial charge on any atom is 0.238 e. The molecule has 2 aromatic rings. The average molecular weight is 418 g/mol. The van der Waals surface area contributed by atoms with Gasteiger partial charge in [0.2, 0.25) is 11.8 Å². The fourth-order valence-electron chi connectivity index (χ4n) is 3.11. The number of hydrogen-bond donors (Lipinski definition) is 2. The summed E-state index contributed by atoms with van der Waals surface area (Å²) in [6.07, 6.45) is 0. The Morgan fingerprint density at radius 3 is 2.30 bits per heavy atom. The zero-order valence-corrected chi connectivity index (χ0v) is 16.7. The molecule has 0 saturated carbocycles. The number of ether oxygens (including phenoxy) is 1. The Hall–Kier alpha value is -3.04. The molecule has 30 heavy (non-hydrogen) atoms. The van der Waals surface area contributed by atoms with Gasteiger partial charge in [-0.15, -0.1) is 0 Å². The number of morpholine rings is 1. The zero-order valence-electron chi connectivity index (χ0n) is 16.7. The lowest BCUT2D eigenvalue weighted by Crippen LogP contribution is -2.36. The molecule has 3 rings (SSSR count). The maximum atomic E-state index is 13.6. The lowest BCUT2D eigenvalue weighted by Gasteiger charge is -2.28. The van der Waals surface area contributed by atoms with Gasteiger partial charge in [-0.05, 0) is 43.4 Å². The van der Waals surface area contributed by atoms with E-state index in [4.69, 9.17) is 4.74 Å². The number of nitrogens with one attached hydrogen (secondary N) is 2. The number of halogens is 2. The smallest absolute Gasteiger partial charge is 0.238 e. The molecule has 2 aromatic carbocycles. The van der Waals surface area contributed by atoms with Gasteiger partial charge >= 0.3 is 0 Å². The molecule has 1 heterocycles. The summed E-state index contributed by atoms with van der Waals surface area (Å²) >= 11 is 0. The van der Waals surface area contributed by atoms with Crippen molar-refractivity contribution in [3.63, 3.8) is 0 Å². The molecule has 2 N–H and O–H groups in total. The fraction of sp³-hybridized carbons (Fsp3) is 0.333. The molecule has 2 amide bonds. The van der Waals surface area contributed by atoms with Crippen LogP contribution in [-0.2, 0) is 14.3 Å². The molecular weight excluding hydrogens is 394 g/mol. The first-order valence-electron chi connectivity index (χ1n) is 9.57. The van der Waals surface area contributed by atoms with Gasteiger partial charge in [0.15, 0.2) is 0 Å². The lowest BCUT2D eigenvalue weighted by molar-refractivity contribution is -0.119. The predicted octanol–water partition coefficient (Wildman–Crippen LogP) is 2.31. The van der Waals surface area contributed by atoms with Crippen LogP contribution in [0.1, 0.15) is 0 Å². The minimum absolute atomic E-state index is 0.0374. The van der Waals surface area contributed by atoms with Crippen molar-refractivity contribution < 1.29 is 23.1 Å². The molecule has 0 aromatic heterocycles. The highest BCUT2D eigenvalue weighted by molar-refractivity contribution is 5.94. The van der Waals surface area contributed by atoms with Crippen LogP contribution in [0.5, 0.6) is 0 Å². The second-order valence-electron chi connectivity index (χ2n) is 7.04. The first-order chi connectivity index (χ1) is 14.4. The number of anilines is 3. The molecule has 0 atom stereocenters. The highest BCUT2D eigenvalue weighted by Gasteiger charge is 2.14. The molecular formula is C21H24F2N4O3. The van der Waals surface area contributed by atoms with Crippen LogP contribution in [0, 0.1) is 11.6 Å². The summed E-state index contributed by atoms with van der Waals surface area (Å²) in [7, 11) is 1.59. The fourth-order valence-corrected chi connectivity index (χ4v) is 3.11. The molecule has 160 valence electrons. The van der Waals surface area contributed by atoms with E-state index in [-0.39, 0.29) is 24.7 Å². The van der Waals surface area contributed by atoms with E-state index in [2.05, 4.69) is 15.5 Å². The molecule has 7 nitrogen and oxygen atoms in total. The Labute approximate surface area is 173 Å². The summed E-state index contributed by atoms with van der Waals surface area (Å²) in [4.78, 5) is 27.9. The Morgan fingerprint density at radius 1 is 1.00 bits per heavy atom. The highest BCUT2D eigenvalue weighted by atomic mass is 19.1. The van der Waals surface area contributed by atoms with E-state index in [1.165, 1.54) is 4.90 Å². The summed E-state index contributed by atoms with van der Waals surface area (Å²) in [5.74, 6) is -2.23. The van der Waals surface area contributed by atoms with Crippen molar-refractivity contribution in [3.8, 4) is 0 Å². The molecule has 0 unspecified atom stereocenters. The second kappa shape index (κ2) is 10.1. The SMILES string of the molecule is CN(CC(=O)Nc1ccc(N2CCOCC2)cc1)CC(=O)Nc1cc(F)ccc1F. The molecule has 1 saturated heterocycles. The van der Waals surface area contributed by atoms with Gasteiger partial charge in [-0.3, -0.25) is 14.5 Å². The van der Waals surface area contributed by atoms with Gasteiger partial charge in [-0.25, -0.2) is 8.78 Å². The van der Waals surface area contributed by atoms with Gasteiger partial charge in [0.1, 0.15) is 11.6 Å². The van der Waals surface area contributed by atoms with E-state index >= 15 is 0 Å². The highest BCUT2D eigenvalue weighted by Crippen LogP contribution is 2.19. The molecule has 9 heteroatoms. The van der Waals surface area contributed by atoms with Gasteiger partial charge in [0.25, 0.3) is 0 Å². The van der Waals surface area contributed by atoms with Gasteiger partial charge in [-0.1, -0.05) is 0 Å². The van der Waals surface area contributed by atoms with Crippen molar-refractivity contribution in [3.05, 3.63) is 54.1 Å². The van der Waals surface area contributed by atoms with Gasteiger partial charge < -0.3 is 20.3 Å².